The van der Waals surface area contributed by atoms with Gasteiger partial charge in [0, 0.05) is 12.3 Å². The Hall–Kier alpha value is -0.440. The van der Waals surface area contributed by atoms with Crippen LogP contribution >= 0.6 is 0 Å². The summed E-state index contributed by atoms with van der Waals surface area (Å²) in [4.78, 5) is 0. The lowest BCUT2D eigenvalue weighted by Crippen LogP contribution is -1.89. The summed E-state index contributed by atoms with van der Waals surface area (Å²) >= 11 is 0. The molecule has 0 bridgehead atoms. The highest BCUT2D eigenvalue weighted by Gasteiger charge is 2.35. The van der Waals surface area contributed by atoms with Gasteiger partial charge in [-0.25, -0.2) is 0 Å². The van der Waals surface area contributed by atoms with Crippen molar-refractivity contribution in [2.24, 2.45) is 11.3 Å². The molecule has 0 heterocycles. The van der Waals surface area contributed by atoms with Gasteiger partial charge in [0.25, 0.3) is 0 Å². The fourth-order valence-corrected chi connectivity index (χ4v) is 0.859. The van der Waals surface area contributed by atoms with Crippen LogP contribution < -0.4 is 0 Å². The number of hydrogen-bond donors (Lipinski definition) is 0. The van der Waals surface area contributed by atoms with Crippen LogP contribution in [0.5, 0.6) is 0 Å². The lowest BCUT2D eigenvalue weighted by molar-refractivity contribution is 0.594. The third-order valence-corrected chi connectivity index (χ3v) is 2.01. The summed E-state index contributed by atoms with van der Waals surface area (Å²) in [6, 6.07) is 0. The molecule has 1 aliphatic carbocycles. The summed E-state index contributed by atoms with van der Waals surface area (Å²) in [5.74, 6) is 6.97. The fourth-order valence-electron chi connectivity index (χ4n) is 0.859. The van der Waals surface area contributed by atoms with E-state index in [2.05, 4.69) is 32.6 Å². The van der Waals surface area contributed by atoms with Gasteiger partial charge in [0.15, 0.2) is 0 Å². The Morgan fingerprint density at radius 2 is 2.00 bits per heavy atom. The molecule has 56 valence electrons. The Morgan fingerprint density at radius 1 is 1.40 bits per heavy atom. The van der Waals surface area contributed by atoms with Gasteiger partial charge in [-0.1, -0.05) is 20.8 Å². The van der Waals surface area contributed by atoms with Crippen molar-refractivity contribution >= 4 is 0 Å². The predicted octanol–water partition coefficient (Wildman–Crippen LogP) is 2.84. The highest BCUT2D eigenvalue weighted by Crippen LogP contribution is 2.47. The molecule has 1 fully saturated rings. The van der Waals surface area contributed by atoms with Crippen molar-refractivity contribution < 1.29 is 0 Å². The van der Waals surface area contributed by atoms with E-state index in [1.807, 2.05) is 0 Å². The van der Waals surface area contributed by atoms with Gasteiger partial charge in [-0.2, -0.15) is 0 Å². The Balaban J connectivity index is 2.23. The first kappa shape index (κ1) is 7.66. The van der Waals surface area contributed by atoms with Gasteiger partial charge in [0.05, 0.1) is 0 Å². The Labute approximate surface area is 64.0 Å². The summed E-state index contributed by atoms with van der Waals surface area (Å²) in [5, 5.41) is 0. The lowest BCUT2D eigenvalue weighted by atomic mass is 10.1. The molecule has 1 saturated carbocycles. The molecule has 0 saturated heterocycles. The zero-order valence-corrected chi connectivity index (χ0v) is 7.20. The molecule has 0 spiro atoms. The van der Waals surface area contributed by atoms with Crippen molar-refractivity contribution in [1.82, 2.24) is 0 Å². The fraction of sp³-hybridized carbons (Fsp3) is 0.800. The van der Waals surface area contributed by atoms with Gasteiger partial charge in [0.1, 0.15) is 0 Å². The molecule has 0 amide bonds. The molecule has 0 unspecified atom stereocenters. The van der Waals surface area contributed by atoms with E-state index in [1.54, 1.807) is 0 Å². The highest BCUT2D eigenvalue weighted by molar-refractivity contribution is 5.07. The Kier molecular flexibility index (Phi) is 2.04. The van der Waals surface area contributed by atoms with Gasteiger partial charge in [-0.15, -0.1) is 11.8 Å². The first-order chi connectivity index (χ1) is 4.62. The summed E-state index contributed by atoms with van der Waals surface area (Å²) in [5.41, 5.74) is 0.613. The van der Waals surface area contributed by atoms with E-state index in [9.17, 15) is 0 Å². The van der Waals surface area contributed by atoms with Crippen LogP contribution in [0.4, 0.5) is 0 Å². The molecule has 10 heavy (non-hydrogen) atoms. The zero-order valence-electron chi connectivity index (χ0n) is 7.20. The standard InChI is InChI=1S/C10H16/c1-9(2)5-4-6-10(3)7-8-10/h9H,6-8H2,1-3H3. The van der Waals surface area contributed by atoms with Crippen LogP contribution in [-0.2, 0) is 0 Å². The highest BCUT2D eigenvalue weighted by atomic mass is 14.4. The first-order valence-corrected chi connectivity index (χ1v) is 4.11. The largest absolute Gasteiger partial charge is 0.102 e. The predicted molar refractivity (Wildman–Crippen MR) is 44.6 cm³/mol. The molecule has 0 nitrogen and oxygen atoms in total. The van der Waals surface area contributed by atoms with Crippen molar-refractivity contribution in [3.8, 4) is 11.8 Å². The van der Waals surface area contributed by atoms with Crippen LogP contribution in [0.25, 0.3) is 0 Å². The van der Waals surface area contributed by atoms with Crippen LogP contribution in [0, 0.1) is 23.2 Å². The normalized spacial score (nSPS) is 20.0. The van der Waals surface area contributed by atoms with E-state index < -0.39 is 0 Å². The number of rotatable bonds is 1. The van der Waals surface area contributed by atoms with Crippen LogP contribution in [0.3, 0.4) is 0 Å². The molecule has 1 aliphatic rings. The van der Waals surface area contributed by atoms with Crippen molar-refractivity contribution in [2.45, 2.75) is 40.0 Å². The topological polar surface area (TPSA) is 0 Å². The zero-order chi connectivity index (χ0) is 7.61. The molecule has 1 rings (SSSR count). The minimum atomic E-state index is 0.544. The second kappa shape index (κ2) is 2.66. The second-order valence-corrected chi connectivity index (χ2v) is 3.96. The van der Waals surface area contributed by atoms with Crippen molar-refractivity contribution in [3.63, 3.8) is 0 Å². The summed E-state index contributed by atoms with van der Waals surface area (Å²) < 4.78 is 0. The molecule has 0 N–H and O–H groups in total. The van der Waals surface area contributed by atoms with Crippen LogP contribution in [0.1, 0.15) is 40.0 Å². The van der Waals surface area contributed by atoms with E-state index in [0.717, 1.165) is 6.42 Å². The second-order valence-electron chi connectivity index (χ2n) is 3.96. The van der Waals surface area contributed by atoms with Crippen LogP contribution in [0.2, 0.25) is 0 Å². The van der Waals surface area contributed by atoms with E-state index >= 15 is 0 Å². The van der Waals surface area contributed by atoms with Gasteiger partial charge < -0.3 is 0 Å². The molecule has 0 aromatic rings. The van der Waals surface area contributed by atoms with Gasteiger partial charge in [0.2, 0.25) is 0 Å². The van der Waals surface area contributed by atoms with Gasteiger partial charge in [-0.3, -0.25) is 0 Å². The number of hydrogen-bond acceptors (Lipinski definition) is 0. The van der Waals surface area contributed by atoms with Crippen molar-refractivity contribution in [1.29, 1.82) is 0 Å². The SMILES string of the molecule is CC(C)C#CCC1(C)CC1. The molecule has 0 aromatic heterocycles. The third-order valence-electron chi connectivity index (χ3n) is 2.01. The first-order valence-electron chi connectivity index (χ1n) is 4.11. The van der Waals surface area contributed by atoms with E-state index in [1.165, 1.54) is 12.8 Å². The molecular formula is C10H16. The van der Waals surface area contributed by atoms with Crippen molar-refractivity contribution in [3.05, 3.63) is 0 Å². The third kappa shape index (κ3) is 2.43. The molecule has 0 heteroatoms. The maximum Gasteiger partial charge on any atom is 0.0146 e. The lowest BCUT2D eigenvalue weighted by Gasteiger charge is -1.98. The quantitative estimate of drug-likeness (QED) is 0.486. The maximum absolute atomic E-state index is 3.24. The van der Waals surface area contributed by atoms with E-state index in [-0.39, 0.29) is 0 Å². The summed E-state index contributed by atoms with van der Waals surface area (Å²) in [7, 11) is 0. The molecular weight excluding hydrogens is 120 g/mol. The minimum absolute atomic E-state index is 0.544. The van der Waals surface area contributed by atoms with Gasteiger partial charge in [-0.05, 0) is 18.3 Å². The Bertz CT molecular complexity index is 162. The average molecular weight is 136 g/mol. The van der Waals surface area contributed by atoms with Gasteiger partial charge >= 0.3 is 0 Å². The summed E-state index contributed by atoms with van der Waals surface area (Å²) in [6.45, 7) is 6.60. The maximum atomic E-state index is 3.24. The Morgan fingerprint density at radius 3 is 2.40 bits per heavy atom. The molecule has 0 radical (unpaired) electrons. The molecule has 0 aliphatic heterocycles. The monoisotopic (exact) mass is 136 g/mol. The smallest absolute Gasteiger partial charge is 0.0146 e. The van der Waals surface area contributed by atoms with Crippen LogP contribution in [0.15, 0.2) is 0 Å². The molecule has 0 atom stereocenters. The van der Waals surface area contributed by atoms with E-state index in [4.69, 9.17) is 0 Å². The van der Waals surface area contributed by atoms with E-state index in [0.29, 0.717) is 11.3 Å². The van der Waals surface area contributed by atoms with Crippen LogP contribution in [-0.4, -0.2) is 0 Å². The minimum Gasteiger partial charge on any atom is -0.102 e. The molecule has 0 aromatic carbocycles. The summed E-state index contributed by atoms with van der Waals surface area (Å²) in [6.07, 6.45) is 3.89. The average Bonchev–Trinajstić information content (AvgIpc) is 2.47. The van der Waals surface area contributed by atoms with Crippen molar-refractivity contribution in [2.75, 3.05) is 0 Å².